The fourth-order valence-corrected chi connectivity index (χ4v) is 5.08. The van der Waals surface area contributed by atoms with Crippen molar-refractivity contribution in [3.05, 3.63) is 29.8 Å². The fourth-order valence-electron chi connectivity index (χ4n) is 5.08. The van der Waals surface area contributed by atoms with Crippen LogP contribution in [0.2, 0.25) is 0 Å². The van der Waals surface area contributed by atoms with Crippen LogP contribution in [0, 0.1) is 11.8 Å². The molecule has 14 heteroatoms. The van der Waals surface area contributed by atoms with Gasteiger partial charge in [0.25, 0.3) is 0 Å². The topological polar surface area (TPSA) is 228 Å². The average molecular weight is 620 g/mol. The van der Waals surface area contributed by atoms with E-state index in [1.165, 1.54) is 17.0 Å². The molecule has 0 radical (unpaired) electrons. The van der Waals surface area contributed by atoms with Crippen LogP contribution >= 0.6 is 0 Å². The Morgan fingerprint density at radius 1 is 0.864 bits per heavy atom. The molecule has 1 aromatic rings. The molecule has 5 atom stereocenters. The van der Waals surface area contributed by atoms with Crippen LogP contribution in [0.5, 0.6) is 5.75 Å². The minimum absolute atomic E-state index is 0.0791. The number of phenolic OH excluding ortho intramolecular Hbond substituents is 1. The Morgan fingerprint density at radius 2 is 1.41 bits per heavy atom. The van der Waals surface area contributed by atoms with Crippen LogP contribution in [0.1, 0.15) is 65.4 Å². The van der Waals surface area contributed by atoms with Crippen molar-refractivity contribution in [1.29, 1.82) is 0 Å². The van der Waals surface area contributed by atoms with E-state index in [1.54, 1.807) is 26.0 Å². The molecule has 8 N–H and O–H groups in total. The summed E-state index contributed by atoms with van der Waals surface area (Å²) in [5, 5.41) is 35.7. The highest BCUT2D eigenvalue weighted by molar-refractivity contribution is 5.96. The maximum atomic E-state index is 13.4. The summed E-state index contributed by atoms with van der Waals surface area (Å²) in [6.07, 6.45) is 0.503. The van der Waals surface area contributed by atoms with Crippen molar-refractivity contribution in [2.75, 3.05) is 6.54 Å². The Bertz CT molecular complexity index is 1190. The van der Waals surface area contributed by atoms with Crippen molar-refractivity contribution in [2.45, 2.75) is 96.4 Å². The lowest BCUT2D eigenvalue weighted by molar-refractivity contribution is -0.144. The smallest absolute Gasteiger partial charge is 0.326 e. The number of nitrogens with zero attached hydrogens (tertiary/aromatic N) is 1. The molecule has 14 nitrogen and oxygen atoms in total. The Morgan fingerprint density at radius 3 is 1.95 bits per heavy atom. The summed E-state index contributed by atoms with van der Waals surface area (Å²) in [7, 11) is 0. The summed E-state index contributed by atoms with van der Waals surface area (Å²) < 4.78 is 0. The van der Waals surface area contributed by atoms with Gasteiger partial charge in [-0.05, 0) is 61.6 Å². The number of phenols is 1. The third-order valence-electron chi connectivity index (χ3n) is 7.22. The Kier molecular flexibility index (Phi) is 13.6. The summed E-state index contributed by atoms with van der Waals surface area (Å²) >= 11 is 0. The molecule has 0 aromatic heterocycles. The average Bonchev–Trinajstić information content (AvgIpc) is 3.42. The number of benzene rings is 1. The van der Waals surface area contributed by atoms with Crippen LogP contribution in [-0.4, -0.2) is 92.5 Å². The number of amides is 4. The molecule has 1 saturated heterocycles. The summed E-state index contributed by atoms with van der Waals surface area (Å²) in [4.78, 5) is 77.4. The fraction of sp³-hybridized carbons (Fsp3) is 0.600. The van der Waals surface area contributed by atoms with E-state index >= 15 is 0 Å². The van der Waals surface area contributed by atoms with Gasteiger partial charge in [-0.2, -0.15) is 0 Å². The van der Waals surface area contributed by atoms with Crippen LogP contribution in [0.4, 0.5) is 0 Å². The number of hydrogen-bond donors (Lipinski definition) is 7. The van der Waals surface area contributed by atoms with Gasteiger partial charge in [0.1, 0.15) is 29.9 Å². The van der Waals surface area contributed by atoms with Gasteiger partial charge in [0.15, 0.2) is 0 Å². The first kappa shape index (κ1) is 36.0. The molecular formula is C30H45N5O9. The number of nitrogens with two attached hydrogens (primary N) is 1. The number of likely N-dealkylation sites (tertiary alicyclic amines) is 1. The number of carboxylic acid groups (broad SMARTS) is 2. The minimum atomic E-state index is -1.59. The number of carbonyl (C=O) groups is 6. The lowest BCUT2D eigenvalue weighted by Crippen LogP contribution is -2.58. The van der Waals surface area contributed by atoms with E-state index in [1.807, 2.05) is 13.8 Å². The molecule has 5 unspecified atom stereocenters. The largest absolute Gasteiger partial charge is 0.508 e. The van der Waals surface area contributed by atoms with Crippen LogP contribution in [0.15, 0.2) is 24.3 Å². The number of nitrogens with one attached hydrogen (secondary N) is 3. The van der Waals surface area contributed by atoms with E-state index in [0.717, 1.165) is 5.56 Å². The monoisotopic (exact) mass is 619 g/mol. The van der Waals surface area contributed by atoms with Gasteiger partial charge in [0.05, 0.1) is 12.5 Å². The van der Waals surface area contributed by atoms with Crippen molar-refractivity contribution in [3.8, 4) is 5.75 Å². The Hall–Kier alpha value is -4.20. The molecule has 0 saturated carbocycles. The number of carboxylic acids is 2. The zero-order valence-corrected chi connectivity index (χ0v) is 25.6. The molecule has 44 heavy (non-hydrogen) atoms. The number of rotatable bonds is 16. The second kappa shape index (κ2) is 16.6. The van der Waals surface area contributed by atoms with Gasteiger partial charge in [0.2, 0.25) is 23.6 Å². The summed E-state index contributed by atoms with van der Waals surface area (Å²) in [5.74, 6) is -5.61. The van der Waals surface area contributed by atoms with Gasteiger partial charge in [0, 0.05) is 6.54 Å². The van der Waals surface area contributed by atoms with Crippen LogP contribution in [-0.2, 0) is 35.2 Å². The molecule has 1 aliphatic rings. The van der Waals surface area contributed by atoms with Crippen molar-refractivity contribution in [1.82, 2.24) is 20.9 Å². The number of carbonyl (C=O) groups excluding carboxylic acids is 4. The molecule has 1 aliphatic heterocycles. The predicted octanol–water partition coefficient (Wildman–Crippen LogP) is 0.359. The summed E-state index contributed by atoms with van der Waals surface area (Å²) in [6.45, 7) is 7.44. The predicted molar refractivity (Wildman–Crippen MR) is 159 cm³/mol. The molecule has 0 bridgehead atoms. The van der Waals surface area contributed by atoms with Crippen molar-refractivity contribution < 1.29 is 44.1 Å². The van der Waals surface area contributed by atoms with Crippen molar-refractivity contribution in [2.24, 2.45) is 17.6 Å². The zero-order chi connectivity index (χ0) is 33.1. The lowest BCUT2D eigenvalue weighted by Gasteiger charge is -2.29. The van der Waals surface area contributed by atoms with Gasteiger partial charge in [-0.25, -0.2) is 4.79 Å². The molecule has 0 aliphatic carbocycles. The number of aromatic hydroxyl groups is 1. The third kappa shape index (κ3) is 11.1. The van der Waals surface area contributed by atoms with Crippen LogP contribution in [0.25, 0.3) is 0 Å². The zero-order valence-electron chi connectivity index (χ0n) is 25.6. The number of hydrogen-bond acceptors (Lipinski definition) is 8. The molecule has 1 fully saturated rings. The number of aliphatic carboxylic acids is 2. The van der Waals surface area contributed by atoms with Gasteiger partial charge in [-0.3, -0.25) is 24.0 Å². The molecule has 1 heterocycles. The maximum Gasteiger partial charge on any atom is 0.326 e. The van der Waals surface area contributed by atoms with Crippen LogP contribution < -0.4 is 21.7 Å². The first-order chi connectivity index (χ1) is 20.6. The van der Waals surface area contributed by atoms with E-state index in [9.17, 15) is 44.1 Å². The Balaban J connectivity index is 2.15. The Labute approximate surface area is 256 Å². The molecule has 0 spiro atoms. The minimum Gasteiger partial charge on any atom is -0.508 e. The van der Waals surface area contributed by atoms with Gasteiger partial charge >= 0.3 is 11.9 Å². The first-order valence-electron chi connectivity index (χ1n) is 14.8. The summed E-state index contributed by atoms with van der Waals surface area (Å²) in [6, 6.07) is 0.395. The van der Waals surface area contributed by atoms with E-state index in [2.05, 4.69) is 16.0 Å². The van der Waals surface area contributed by atoms with Gasteiger partial charge < -0.3 is 41.9 Å². The highest BCUT2D eigenvalue weighted by Crippen LogP contribution is 2.20. The van der Waals surface area contributed by atoms with Crippen LogP contribution in [0.3, 0.4) is 0 Å². The van der Waals surface area contributed by atoms with E-state index in [0.29, 0.717) is 19.4 Å². The molecule has 1 aromatic carbocycles. The second-order valence-electron chi connectivity index (χ2n) is 12.0. The molecule has 2 rings (SSSR count). The normalized spacial score (nSPS) is 17.4. The summed E-state index contributed by atoms with van der Waals surface area (Å²) in [5.41, 5.74) is 6.91. The van der Waals surface area contributed by atoms with Gasteiger partial charge in [-0.15, -0.1) is 0 Å². The second-order valence-corrected chi connectivity index (χ2v) is 12.0. The van der Waals surface area contributed by atoms with Gasteiger partial charge in [-0.1, -0.05) is 39.8 Å². The van der Waals surface area contributed by atoms with E-state index in [-0.39, 0.29) is 36.8 Å². The van der Waals surface area contributed by atoms with E-state index < -0.39 is 72.2 Å². The SMILES string of the molecule is CC(C)CC(NC(=O)C(CC(=O)O)NC(=O)C(CC(C)C)NC(=O)C1CCCN1C(=O)C(N)Cc1ccc(O)cc1)C(=O)O. The molecule has 244 valence electrons. The quantitative estimate of drug-likeness (QED) is 0.134. The highest BCUT2D eigenvalue weighted by atomic mass is 16.4. The third-order valence-corrected chi connectivity index (χ3v) is 7.22. The maximum absolute atomic E-state index is 13.4. The highest BCUT2D eigenvalue weighted by Gasteiger charge is 2.38. The molecular weight excluding hydrogens is 574 g/mol. The lowest BCUT2D eigenvalue weighted by atomic mass is 10.0. The van der Waals surface area contributed by atoms with E-state index in [4.69, 9.17) is 5.73 Å². The van der Waals surface area contributed by atoms with Crippen molar-refractivity contribution in [3.63, 3.8) is 0 Å². The first-order valence-corrected chi connectivity index (χ1v) is 14.8. The standard InChI is InChI=1S/C30H45N5O9/c1-16(2)12-21(26(39)32-22(15-25(37)38)27(40)34-23(30(43)44)13-17(3)4)33-28(41)24-6-5-11-35(24)29(42)20(31)14-18-7-9-19(36)10-8-18/h7-10,16-17,20-24,36H,5-6,11-15,31H2,1-4H3,(H,32,39)(H,33,41)(H,34,40)(H,37,38)(H,43,44). The van der Waals surface area contributed by atoms with Crippen molar-refractivity contribution >= 4 is 35.6 Å². The molecule has 4 amide bonds.